The van der Waals surface area contributed by atoms with Gasteiger partial charge >= 0.3 is 0 Å². The molecule has 0 aliphatic carbocycles. The Bertz CT molecular complexity index is 555. The van der Waals surface area contributed by atoms with Gasteiger partial charge in [-0.15, -0.1) is 4.91 Å². The van der Waals surface area contributed by atoms with Gasteiger partial charge in [-0.05, 0) is 35.4 Å². The average Bonchev–Trinajstić information content (AvgIpc) is 2.40. The summed E-state index contributed by atoms with van der Waals surface area (Å²) in [6.45, 7) is 2.23. The molecular formula is C14H12ClNO2. The summed E-state index contributed by atoms with van der Waals surface area (Å²) in [7, 11) is 0. The van der Waals surface area contributed by atoms with E-state index in [1.807, 2.05) is 30.3 Å². The predicted molar refractivity (Wildman–Crippen MR) is 72.4 cm³/mol. The number of aryl methyl sites for hydroxylation is 1. The number of hydrogen-bond acceptors (Lipinski definition) is 3. The smallest absolute Gasteiger partial charge is 0.138 e. The third kappa shape index (κ3) is 2.87. The Balaban J connectivity index is 2.15. The lowest BCUT2D eigenvalue weighted by Crippen LogP contribution is -1.96. The van der Waals surface area contributed by atoms with Crippen molar-refractivity contribution in [3.63, 3.8) is 0 Å². The number of rotatable bonds is 4. The van der Waals surface area contributed by atoms with Crippen molar-refractivity contribution in [1.29, 1.82) is 0 Å². The van der Waals surface area contributed by atoms with Gasteiger partial charge in [0.25, 0.3) is 0 Å². The van der Waals surface area contributed by atoms with E-state index >= 15 is 0 Å². The predicted octanol–water partition coefficient (Wildman–Crippen LogP) is 4.63. The van der Waals surface area contributed by atoms with Crippen LogP contribution in [0.1, 0.15) is 11.1 Å². The molecule has 92 valence electrons. The molecule has 18 heavy (non-hydrogen) atoms. The van der Waals surface area contributed by atoms with Crippen LogP contribution in [0.2, 0.25) is 5.02 Å². The van der Waals surface area contributed by atoms with Gasteiger partial charge < -0.3 is 4.74 Å². The molecule has 0 radical (unpaired) electrons. The van der Waals surface area contributed by atoms with Crippen molar-refractivity contribution in [1.82, 2.24) is 0 Å². The van der Waals surface area contributed by atoms with Crippen molar-refractivity contribution in [3.8, 4) is 5.75 Å². The zero-order valence-corrected chi connectivity index (χ0v) is 10.6. The first kappa shape index (κ1) is 12.6. The van der Waals surface area contributed by atoms with Crippen LogP contribution >= 0.6 is 11.6 Å². The minimum absolute atomic E-state index is 0.340. The van der Waals surface area contributed by atoms with E-state index in [2.05, 4.69) is 5.18 Å². The number of benzene rings is 2. The fourth-order valence-corrected chi connectivity index (χ4v) is 1.80. The highest BCUT2D eigenvalue weighted by molar-refractivity contribution is 6.32. The average molecular weight is 262 g/mol. The summed E-state index contributed by atoms with van der Waals surface area (Å²) in [5.74, 6) is 0.561. The second-order valence-electron chi connectivity index (χ2n) is 3.93. The first-order valence-corrected chi connectivity index (χ1v) is 5.88. The van der Waals surface area contributed by atoms with E-state index in [0.29, 0.717) is 23.1 Å². The molecule has 0 heterocycles. The van der Waals surface area contributed by atoms with Gasteiger partial charge in [0.2, 0.25) is 0 Å². The quantitative estimate of drug-likeness (QED) is 0.753. The maximum Gasteiger partial charge on any atom is 0.138 e. The molecule has 0 saturated carbocycles. The summed E-state index contributed by atoms with van der Waals surface area (Å²) in [6, 6.07) is 13.0. The minimum atomic E-state index is 0.340. The monoisotopic (exact) mass is 261 g/mol. The van der Waals surface area contributed by atoms with Crippen molar-refractivity contribution >= 4 is 17.3 Å². The van der Waals surface area contributed by atoms with Gasteiger partial charge in [-0.3, -0.25) is 0 Å². The van der Waals surface area contributed by atoms with Crippen LogP contribution < -0.4 is 4.74 Å². The Labute approximate surface area is 110 Å². The molecule has 0 aliphatic heterocycles. The summed E-state index contributed by atoms with van der Waals surface area (Å²) in [6.07, 6.45) is 0. The van der Waals surface area contributed by atoms with Gasteiger partial charge in [0.15, 0.2) is 0 Å². The standard InChI is InChI=1S/C14H12ClNO2/c1-10-7-14(12(15)8-13(10)16-17)18-9-11-5-3-2-4-6-11/h2-8H,9H2,1H3. The fraction of sp³-hybridized carbons (Fsp3) is 0.143. The van der Waals surface area contributed by atoms with Gasteiger partial charge in [-0.1, -0.05) is 41.9 Å². The highest BCUT2D eigenvalue weighted by Gasteiger charge is 2.07. The van der Waals surface area contributed by atoms with Crippen LogP contribution in [0.5, 0.6) is 5.75 Å². The largest absolute Gasteiger partial charge is 0.487 e. The lowest BCUT2D eigenvalue weighted by Gasteiger charge is -2.09. The Kier molecular flexibility index (Phi) is 3.95. The molecule has 0 fully saturated rings. The fourth-order valence-electron chi connectivity index (χ4n) is 1.59. The van der Waals surface area contributed by atoms with Crippen LogP contribution in [0, 0.1) is 11.8 Å². The van der Waals surface area contributed by atoms with Crippen molar-refractivity contribution in [2.24, 2.45) is 5.18 Å². The second-order valence-corrected chi connectivity index (χ2v) is 4.34. The topological polar surface area (TPSA) is 38.7 Å². The van der Waals surface area contributed by atoms with Gasteiger partial charge in [0, 0.05) is 0 Å². The van der Waals surface area contributed by atoms with E-state index < -0.39 is 0 Å². The van der Waals surface area contributed by atoms with E-state index in [4.69, 9.17) is 16.3 Å². The summed E-state index contributed by atoms with van der Waals surface area (Å²) in [5.41, 5.74) is 2.15. The molecule has 4 heteroatoms. The number of nitrogens with zero attached hydrogens (tertiary/aromatic N) is 1. The van der Waals surface area contributed by atoms with E-state index in [9.17, 15) is 4.91 Å². The lowest BCUT2D eigenvalue weighted by atomic mass is 10.2. The van der Waals surface area contributed by atoms with Crippen LogP contribution in [-0.2, 0) is 6.61 Å². The molecule has 0 aliphatic rings. The highest BCUT2D eigenvalue weighted by atomic mass is 35.5. The molecule has 2 rings (SSSR count). The molecule has 0 atom stereocenters. The van der Waals surface area contributed by atoms with Crippen molar-refractivity contribution in [2.75, 3.05) is 0 Å². The molecule has 0 amide bonds. The summed E-state index contributed by atoms with van der Waals surface area (Å²) in [5, 5.41) is 3.29. The van der Waals surface area contributed by atoms with Crippen LogP contribution in [0.15, 0.2) is 47.6 Å². The third-order valence-electron chi connectivity index (χ3n) is 2.59. The first-order chi connectivity index (χ1) is 8.70. The van der Waals surface area contributed by atoms with E-state index in [-0.39, 0.29) is 0 Å². The molecule has 2 aromatic rings. The number of hydrogen-bond donors (Lipinski definition) is 0. The summed E-state index contributed by atoms with van der Waals surface area (Å²) in [4.78, 5) is 10.5. The highest BCUT2D eigenvalue weighted by Crippen LogP contribution is 2.32. The zero-order chi connectivity index (χ0) is 13.0. The van der Waals surface area contributed by atoms with Crippen LogP contribution in [0.4, 0.5) is 5.69 Å². The van der Waals surface area contributed by atoms with Crippen LogP contribution in [0.25, 0.3) is 0 Å². The maximum atomic E-state index is 10.5. The third-order valence-corrected chi connectivity index (χ3v) is 2.88. The molecule has 0 spiro atoms. The van der Waals surface area contributed by atoms with Crippen LogP contribution in [-0.4, -0.2) is 0 Å². The lowest BCUT2D eigenvalue weighted by molar-refractivity contribution is 0.306. The molecule has 2 aromatic carbocycles. The maximum absolute atomic E-state index is 10.5. The Hall–Kier alpha value is -1.87. The molecule has 0 unspecified atom stereocenters. The van der Waals surface area contributed by atoms with Crippen LogP contribution in [0.3, 0.4) is 0 Å². The zero-order valence-electron chi connectivity index (χ0n) is 9.89. The number of ether oxygens (including phenoxy) is 1. The van der Waals surface area contributed by atoms with E-state index in [1.54, 1.807) is 13.0 Å². The molecule has 3 nitrogen and oxygen atoms in total. The van der Waals surface area contributed by atoms with Gasteiger partial charge in [-0.25, -0.2) is 0 Å². The number of nitroso groups, excluding NO2 is 1. The first-order valence-electron chi connectivity index (χ1n) is 5.51. The molecular weight excluding hydrogens is 250 g/mol. The second kappa shape index (κ2) is 5.65. The van der Waals surface area contributed by atoms with Crippen molar-refractivity contribution in [3.05, 3.63) is 63.5 Å². The van der Waals surface area contributed by atoms with Crippen molar-refractivity contribution < 1.29 is 4.74 Å². The summed E-state index contributed by atoms with van der Waals surface area (Å²) < 4.78 is 5.63. The number of halogens is 1. The van der Waals surface area contributed by atoms with E-state index in [1.165, 1.54) is 6.07 Å². The van der Waals surface area contributed by atoms with Gasteiger partial charge in [0.1, 0.15) is 18.0 Å². The normalized spacial score (nSPS) is 10.1. The van der Waals surface area contributed by atoms with E-state index in [0.717, 1.165) is 11.1 Å². The SMILES string of the molecule is Cc1cc(OCc2ccccc2)c(Cl)cc1N=O. The van der Waals surface area contributed by atoms with Gasteiger partial charge in [0.05, 0.1) is 5.02 Å². The van der Waals surface area contributed by atoms with Gasteiger partial charge in [-0.2, -0.15) is 0 Å². The molecule has 0 aromatic heterocycles. The van der Waals surface area contributed by atoms with Crippen molar-refractivity contribution in [2.45, 2.75) is 13.5 Å². The Morgan fingerprint density at radius 1 is 1.22 bits per heavy atom. The molecule has 0 bridgehead atoms. The minimum Gasteiger partial charge on any atom is -0.487 e. The molecule has 0 saturated heterocycles. The Morgan fingerprint density at radius 2 is 1.94 bits per heavy atom. The molecule has 0 N–H and O–H groups in total. The summed E-state index contributed by atoms with van der Waals surface area (Å²) >= 11 is 6.02. The Morgan fingerprint density at radius 3 is 2.61 bits per heavy atom.